The van der Waals surface area contributed by atoms with Gasteiger partial charge in [-0.05, 0) is 94.2 Å². The Bertz CT molecular complexity index is 2070. The predicted molar refractivity (Wildman–Crippen MR) is 206 cm³/mol. The fourth-order valence-corrected chi connectivity index (χ4v) is 9.90. The molecule has 2 aliphatic heterocycles. The first-order valence-electron chi connectivity index (χ1n) is 18.4. The summed E-state index contributed by atoms with van der Waals surface area (Å²) >= 11 is 0. The van der Waals surface area contributed by atoms with Crippen molar-refractivity contribution >= 4 is 11.8 Å². The highest BCUT2D eigenvalue weighted by atomic mass is 16.5. The van der Waals surface area contributed by atoms with Crippen LogP contribution in [0.2, 0.25) is 0 Å². The molecule has 0 radical (unpaired) electrons. The number of amides is 2. The molecule has 4 aromatic rings. The Kier molecular flexibility index (Phi) is 7.90. The van der Waals surface area contributed by atoms with Gasteiger partial charge in [-0.1, -0.05) is 52.0 Å². The smallest absolute Gasteiger partial charge is 0.250 e. The van der Waals surface area contributed by atoms with Crippen LogP contribution in [0.5, 0.6) is 11.5 Å². The molecule has 2 aromatic heterocycles. The Balaban J connectivity index is 1.25. The number of methoxy groups -OCH3 is 2. The number of likely N-dealkylation sites (N-methyl/N-ethyl adjacent to an activating group) is 2. The average Bonchev–Trinajstić information content (AvgIpc) is 3.46. The van der Waals surface area contributed by atoms with Gasteiger partial charge in [0.1, 0.15) is 22.6 Å². The van der Waals surface area contributed by atoms with Crippen molar-refractivity contribution < 1.29 is 19.1 Å². The molecule has 8 rings (SSSR count). The number of pyridine rings is 2. The van der Waals surface area contributed by atoms with Gasteiger partial charge in [-0.25, -0.2) is 0 Å². The molecule has 4 atom stereocenters. The lowest BCUT2D eigenvalue weighted by molar-refractivity contribution is -0.143. The first-order chi connectivity index (χ1) is 25.4. The Morgan fingerprint density at radius 1 is 0.611 bits per heavy atom. The second-order valence-corrected chi connectivity index (χ2v) is 17.3. The molecule has 4 unspecified atom stereocenters. The summed E-state index contributed by atoms with van der Waals surface area (Å²) in [4.78, 5) is 41.9. The van der Waals surface area contributed by atoms with Crippen molar-refractivity contribution in [3.8, 4) is 33.8 Å². The van der Waals surface area contributed by atoms with Gasteiger partial charge in [-0.2, -0.15) is 0 Å². The van der Waals surface area contributed by atoms with E-state index in [-0.39, 0.29) is 22.6 Å². The van der Waals surface area contributed by atoms with Gasteiger partial charge < -0.3 is 19.3 Å². The molecule has 282 valence electrons. The number of benzene rings is 2. The normalized spacial score (nSPS) is 29.4. The zero-order valence-corrected chi connectivity index (χ0v) is 32.3. The van der Waals surface area contributed by atoms with E-state index in [0.29, 0.717) is 24.3 Å². The maximum atomic E-state index is 15.1. The van der Waals surface area contributed by atoms with E-state index in [1.165, 1.54) is 9.80 Å². The lowest BCUT2D eigenvalue weighted by atomic mass is 9.64. The summed E-state index contributed by atoms with van der Waals surface area (Å²) in [5.41, 5.74) is 19.2. The molecular formula is C42H50N8O4. The number of hydrogen-bond donors (Lipinski definition) is 4. The van der Waals surface area contributed by atoms with E-state index in [4.69, 9.17) is 20.9 Å². The van der Waals surface area contributed by atoms with Gasteiger partial charge in [0.2, 0.25) is 11.8 Å². The average molecular weight is 731 g/mol. The first-order valence-corrected chi connectivity index (χ1v) is 18.4. The van der Waals surface area contributed by atoms with E-state index in [1.807, 2.05) is 12.1 Å². The van der Waals surface area contributed by atoms with Crippen LogP contribution >= 0.6 is 0 Å². The Morgan fingerprint density at radius 3 is 1.37 bits per heavy atom. The first kappa shape index (κ1) is 36.1. The third-order valence-corrected chi connectivity index (χ3v) is 12.3. The molecule has 2 amide bonds. The summed E-state index contributed by atoms with van der Waals surface area (Å²) in [6, 6.07) is 16.3. The second-order valence-electron chi connectivity index (χ2n) is 17.3. The van der Waals surface area contributed by atoms with E-state index in [9.17, 15) is 0 Å². The number of nitrogens with one attached hydrogen (secondary N) is 2. The number of rotatable bonds is 5. The molecule has 2 fully saturated rings. The van der Waals surface area contributed by atoms with Gasteiger partial charge in [-0.15, -0.1) is 0 Å². The van der Waals surface area contributed by atoms with Gasteiger partial charge in [0.05, 0.1) is 26.6 Å². The van der Waals surface area contributed by atoms with Crippen molar-refractivity contribution in [2.75, 3.05) is 28.3 Å². The number of aromatic nitrogens is 2. The van der Waals surface area contributed by atoms with Gasteiger partial charge in [0.25, 0.3) is 0 Å². The van der Waals surface area contributed by atoms with Crippen LogP contribution in [0, 0.1) is 10.8 Å². The van der Waals surface area contributed by atoms with E-state index < -0.39 is 22.7 Å². The Morgan fingerprint density at radius 2 is 1.00 bits per heavy atom. The molecule has 0 bridgehead atoms. The number of ether oxygens (including phenoxy) is 2. The number of carbonyl (C=O) groups is 2. The molecule has 4 heterocycles. The van der Waals surface area contributed by atoms with E-state index in [1.54, 1.807) is 53.1 Å². The van der Waals surface area contributed by atoms with Crippen molar-refractivity contribution in [3.05, 3.63) is 95.6 Å². The molecule has 0 saturated carbocycles. The zero-order chi connectivity index (χ0) is 38.6. The topological polar surface area (TPSA) is 161 Å². The summed E-state index contributed by atoms with van der Waals surface area (Å²) in [6.07, 6.45) is 9.34. The predicted octanol–water partition coefficient (Wildman–Crippen LogP) is 4.21. The van der Waals surface area contributed by atoms with Crippen molar-refractivity contribution in [2.45, 2.75) is 76.0 Å². The fourth-order valence-electron chi connectivity index (χ4n) is 9.90. The Labute approximate surface area is 316 Å². The number of nitrogens with two attached hydrogens (primary N) is 2. The van der Waals surface area contributed by atoms with Crippen molar-refractivity contribution in [1.82, 2.24) is 30.4 Å². The standard InChI is InChI=1S/C42H50N8O4/c1-37(2)17-27-11-9-25(29-13-31(53-7)21-45-19-29)15-33(27)39(23-37)35(51)49(5)41(43,47-39)42(44)48-40(36(52)50(42)6)24-38(3,4)18-28-12-10-26(16-34(28)40)30-14-32(54-8)22-46-20-30/h9-16,19-22,47-48H,17-18,23-24,43-44H2,1-8H3. The van der Waals surface area contributed by atoms with Crippen LogP contribution in [0.1, 0.15) is 62.8 Å². The van der Waals surface area contributed by atoms with Crippen molar-refractivity contribution in [2.24, 2.45) is 22.3 Å². The molecule has 2 saturated heterocycles. The molecule has 6 N–H and O–H groups in total. The van der Waals surface area contributed by atoms with Crippen LogP contribution in [0.15, 0.2) is 73.3 Å². The third-order valence-electron chi connectivity index (χ3n) is 12.3. The van der Waals surface area contributed by atoms with Crippen molar-refractivity contribution in [3.63, 3.8) is 0 Å². The van der Waals surface area contributed by atoms with Crippen molar-refractivity contribution in [1.29, 1.82) is 0 Å². The summed E-state index contributed by atoms with van der Waals surface area (Å²) in [5, 5.41) is 7.31. The number of carbonyl (C=O) groups excluding carboxylic acids is 2. The van der Waals surface area contributed by atoms with Crippen LogP contribution < -0.4 is 31.6 Å². The lowest BCUT2D eigenvalue weighted by Crippen LogP contribution is -2.85. The molecule has 2 aliphatic carbocycles. The molecule has 12 nitrogen and oxygen atoms in total. The lowest BCUT2D eigenvalue weighted by Gasteiger charge is -2.50. The highest BCUT2D eigenvalue weighted by Gasteiger charge is 2.73. The minimum atomic E-state index is -1.74. The van der Waals surface area contributed by atoms with E-state index in [2.05, 4.69) is 84.7 Å². The summed E-state index contributed by atoms with van der Waals surface area (Å²) in [6.45, 7) is 8.65. The van der Waals surface area contributed by atoms with E-state index >= 15 is 9.59 Å². The summed E-state index contributed by atoms with van der Waals surface area (Å²) in [5.74, 6) is -2.65. The minimum absolute atomic E-state index is 0.217. The molecule has 54 heavy (non-hydrogen) atoms. The van der Waals surface area contributed by atoms with Gasteiger partial charge >= 0.3 is 0 Å². The number of fused-ring (bicyclic) bond motifs is 4. The largest absolute Gasteiger partial charge is 0.495 e. The number of nitrogens with zero attached hydrogens (tertiary/aromatic N) is 4. The minimum Gasteiger partial charge on any atom is -0.495 e. The van der Waals surface area contributed by atoms with Gasteiger partial charge in [0.15, 0.2) is 11.6 Å². The van der Waals surface area contributed by atoms with Crippen LogP contribution in [0.4, 0.5) is 0 Å². The molecule has 4 aliphatic rings. The summed E-state index contributed by atoms with van der Waals surface area (Å²) in [7, 11) is 6.57. The van der Waals surface area contributed by atoms with Gasteiger partial charge in [-0.3, -0.25) is 41.7 Å². The number of hydrogen-bond acceptors (Lipinski definition) is 10. The van der Waals surface area contributed by atoms with Crippen LogP contribution in [-0.2, 0) is 33.5 Å². The SMILES string of the molecule is COc1cncc(-c2ccc3c(c2)C2(CC(C)(C)C3)NC(N)(C3(N)NC4(CC(C)(C)Cc5ccc(-c6cncc(OC)c6)cc54)C(=O)N3C)N(C)C2=O)c1. The highest BCUT2D eigenvalue weighted by Crippen LogP contribution is 2.54. The Hall–Kier alpha value is -4.88. The van der Waals surface area contributed by atoms with Crippen LogP contribution in [-0.4, -0.2) is 71.5 Å². The monoisotopic (exact) mass is 730 g/mol. The van der Waals surface area contributed by atoms with Gasteiger partial charge in [0, 0.05) is 37.6 Å². The molecular weight excluding hydrogens is 681 g/mol. The quantitative estimate of drug-likeness (QED) is 0.234. The summed E-state index contributed by atoms with van der Waals surface area (Å²) < 4.78 is 10.9. The zero-order valence-electron chi connectivity index (χ0n) is 32.3. The highest BCUT2D eigenvalue weighted by molar-refractivity contribution is 5.95. The van der Waals surface area contributed by atoms with Crippen LogP contribution in [0.3, 0.4) is 0 Å². The van der Waals surface area contributed by atoms with E-state index in [0.717, 1.165) is 57.3 Å². The molecule has 12 heteroatoms. The third kappa shape index (κ3) is 5.10. The second kappa shape index (κ2) is 11.8. The fraction of sp³-hybridized carbons (Fsp3) is 0.429. The van der Waals surface area contributed by atoms with Crippen LogP contribution in [0.25, 0.3) is 22.3 Å². The molecule has 2 spiro atoms. The maximum Gasteiger partial charge on any atom is 0.250 e. The maximum absolute atomic E-state index is 15.1. The molecule has 2 aromatic carbocycles.